The molecule has 2 nitrogen and oxygen atoms in total. The summed E-state index contributed by atoms with van der Waals surface area (Å²) in [5.41, 5.74) is 0.706. The van der Waals surface area contributed by atoms with Crippen molar-refractivity contribution in [3.8, 4) is 5.75 Å². The van der Waals surface area contributed by atoms with Crippen LogP contribution in [-0.4, -0.2) is 12.9 Å². The fraction of sp³-hybridized carbons (Fsp3) is 0.500. The number of benzene rings is 1. The predicted molar refractivity (Wildman–Crippen MR) is 65.7 cm³/mol. The molecule has 1 aromatic carbocycles. The Hall–Kier alpha value is -1.38. The van der Waals surface area contributed by atoms with Gasteiger partial charge in [0.15, 0.2) is 11.6 Å². The molecule has 0 radical (unpaired) electrons. The molecule has 1 aromatic rings. The highest BCUT2D eigenvalue weighted by Crippen LogP contribution is 2.18. The van der Waals surface area contributed by atoms with E-state index in [0.29, 0.717) is 24.3 Å². The van der Waals surface area contributed by atoms with Crippen LogP contribution >= 0.6 is 0 Å². The van der Waals surface area contributed by atoms with Crippen molar-refractivity contribution >= 4 is 5.78 Å². The minimum atomic E-state index is -0.415. The van der Waals surface area contributed by atoms with E-state index in [1.807, 2.05) is 0 Å². The molecule has 1 rings (SSSR count). The highest BCUT2D eigenvalue weighted by Gasteiger charge is 2.08. The summed E-state index contributed by atoms with van der Waals surface area (Å²) in [5.74, 6) is 0.472. The van der Waals surface area contributed by atoms with Gasteiger partial charge in [0.05, 0.1) is 7.11 Å². The third kappa shape index (κ3) is 4.55. The van der Waals surface area contributed by atoms with Gasteiger partial charge in [0.25, 0.3) is 0 Å². The minimum absolute atomic E-state index is 0.156. The van der Waals surface area contributed by atoms with E-state index in [4.69, 9.17) is 4.74 Å². The number of halogens is 1. The molecule has 0 aliphatic heterocycles. The van der Waals surface area contributed by atoms with Gasteiger partial charge in [0.2, 0.25) is 0 Å². The van der Waals surface area contributed by atoms with Crippen molar-refractivity contribution in [3.63, 3.8) is 0 Å². The summed E-state index contributed by atoms with van der Waals surface area (Å²) in [6.07, 6.45) is 1.75. The molecule has 0 saturated carbocycles. The third-order valence-electron chi connectivity index (χ3n) is 2.62. The first-order chi connectivity index (χ1) is 8.02. The third-order valence-corrected chi connectivity index (χ3v) is 2.62. The molecular weight excluding hydrogens is 219 g/mol. The topological polar surface area (TPSA) is 26.3 Å². The van der Waals surface area contributed by atoms with Gasteiger partial charge in [-0.3, -0.25) is 4.79 Å². The van der Waals surface area contributed by atoms with Crippen molar-refractivity contribution in [1.29, 1.82) is 0 Å². The molecule has 0 amide bonds. The predicted octanol–water partition coefficient (Wildman–Crippen LogP) is 3.38. The van der Waals surface area contributed by atoms with E-state index in [0.717, 1.165) is 6.42 Å². The summed E-state index contributed by atoms with van der Waals surface area (Å²) < 4.78 is 18.2. The van der Waals surface area contributed by atoms with Crippen LogP contribution in [-0.2, 0) is 11.2 Å². The Morgan fingerprint density at radius 2 is 2.12 bits per heavy atom. The highest BCUT2D eigenvalue weighted by atomic mass is 19.1. The van der Waals surface area contributed by atoms with E-state index in [2.05, 4.69) is 13.8 Å². The van der Waals surface area contributed by atoms with Crippen LogP contribution in [0.15, 0.2) is 18.2 Å². The van der Waals surface area contributed by atoms with Gasteiger partial charge in [-0.15, -0.1) is 0 Å². The second-order valence-corrected chi connectivity index (χ2v) is 4.62. The lowest BCUT2D eigenvalue weighted by Crippen LogP contribution is -2.04. The second kappa shape index (κ2) is 6.38. The molecule has 0 unspecified atom stereocenters. The molecular formula is C14H19FO2. The number of hydrogen-bond donors (Lipinski definition) is 0. The molecule has 0 aliphatic carbocycles. The number of ether oxygens (including phenoxy) is 1. The van der Waals surface area contributed by atoms with Crippen LogP contribution in [0.5, 0.6) is 5.75 Å². The lowest BCUT2D eigenvalue weighted by molar-refractivity contribution is -0.118. The summed E-state index contributed by atoms with van der Waals surface area (Å²) in [5, 5.41) is 0. The normalized spacial score (nSPS) is 10.6. The summed E-state index contributed by atoms with van der Waals surface area (Å²) in [6.45, 7) is 4.17. The van der Waals surface area contributed by atoms with Crippen LogP contribution in [0.25, 0.3) is 0 Å². The quantitative estimate of drug-likeness (QED) is 0.759. The lowest BCUT2D eigenvalue weighted by atomic mass is 10.0. The van der Waals surface area contributed by atoms with Gasteiger partial charge < -0.3 is 4.74 Å². The summed E-state index contributed by atoms with van der Waals surface area (Å²) >= 11 is 0. The SMILES string of the molecule is COc1ccc(CC(=O)CCC(C)C)cc1F. The number of methoxy groups -OCH3 is 1. The van der Waals surface area contributed by atoms with Crippen LogP contribution in [0.1, 0.15) is 32.3 Å². The molecule has 0 heterocycles. The van der Waals surface area contributed by atoms with Crippen molar-refractivity contribution in [2.24, 2.45) is 5.92 Å². The number of rotatable bonds is 6. The van der Waals surface area contributed by atoms with Gasteiger partial charge >= 0.3 is 0 Å². The Labute approximate surface area is 102 Å². The van der Waals surface area contributed by atoms with E-state index in [-0.39, 0.29) is 11.5 Å². The van der Waals surface area contributed by atoms with Crippen LogP contribution in [0, 0.1) is 11.7 Å². The zero-order valence-corrected chi connectivity index (χ0v) is 10.6. The monoisotopic (exact) mass is 238 g/mol. The van der Waals surface area contributed by atoms with Gasteiger partial charge in [-0.25, -0.2) is 4.39 Å². The van der Waals surface area contributed by atoms with Gasteiger partial charge in [-0.2, -0.15) is 0 Å². The minimum Gasteiger partial charge on any atom is -0.494 e. The fourth-order valence-corrected chi connectivity index (χ4v) is 1.59. The van der Waals surface area contributed by atoms with Crippen LogP contribution < -0.4 is 4.74 Å². The zero-order chi connectivity index (χ0) is 12.8. The number of ketones is 1. The van der Waals surface area contributed by atoms with Gasteiger partial charge in [-0.1, -0.05) is 19.9 Å². The largest absolute Gasteiger partial charge is 0.494 e. The average molecular weight is 238 g/mol. The van der Waals surface area contributed by atoms with Crippen LogP contribution in [0.2, 0.25) is 0 Å². The average Bonchev–Trinajstić information content (AvgIpc) is 2.26. The van der Waals surface area contributed by atoms with E-state index < -0.39 is 5.82 Å². The Morgan fingerprint density at radius 3 is 2.65 bits per heavy atom. The number of carbonyl (C=O) groups excluding carboxylic acids is 1. The smallest absolute Gasteiger partial charge is 0.165 e. The number of carbonyl (C=O) groups is 1. The molecule has 0 atom stereocenters. The first-order valence-electron chi connectivity index (χ1n) is 5.87. The van der Waals surface area contributed by atoms with Crippen molar-refractivity contribution < 1.29 is 13.9 Å². The molecule has 0 spiro atoms. The van der Waals surface area contributed by atoms with E-state index in [1.165, 1.54) is 13.2 Å². The second-order valence-electron chi connectivity index (χ2n) is 4.62. The Balaban J connectivity index is 2.57. The molecule has 0 saturated heterocycles. The Morgan fingerprint density at radius 1 is 1.41 bits per heavy atom. The maximum absolute atomic E-state index is 13.4. The first kappa shape index (κ1) is 13.7. The van der Waals surface area contributed by atoms with E-state index in [9.17, 15) is 9.18 Å². The fourth-order valence-electron chi connectivity index (χ4n) is 1.59. The molecule has 0 aromatic heterocycles. The summed E-state index contributed by atoms with van der Waals surface area (Å²) in [7, 11) is 1.42. The standard InChI is InChI=1S/C14H19FO2/c1-10(2)4-6-12(16)8-11-5-7-14(17-3)13(15)9-11/h5,7,9-10H,4,6,8H2,1-3H3. The Kier molecular flexibility index (Phi) is 5.13. The van der Waals surface area contributed by atoms with Crippen molar-refractivity contribution in [1.82, 2.24) is 0 Å². The maximum Gasteiger partial charge on any atom is 0.165 e. The van der Waals surface area contributed by atoms with Gasteiger partial charge in [-0.05, 0) is 30.0 Å². The van der Waals surface area contributed by atoms with Crippen molar-refractivity contribution in [3.05, 3.63) is 29.6 Å². The van der Waals surface area contributed by atoms with Crippen LogP contribution in [0.3, 0.4) is 0 Å². The summed E-state index contributed by atoms with van der Waals surface area (Å²) in [6, 6.07) is 4.65. The first-order valence-corrected chi connectivity index (χ1v) is 5.87. The number of Topliss-reactive ketones (excluding diaryl/α,β-unsaturated/α-hetero) is 1. The van der Waals surface area contributed by atoms with Crippen molar-refractivity contribution in [2.45, 2.75) is 33.1 Å². The molecule has 94 valence electrons. The van der Waals surface area contributed by atoms with Gasteiger partial charge in [0.1, 0.15) is 5.78 Å². The molecule has 0 aliphatic rings. The maximum atomic E-state index is 13.4. The molecule has 0 fully saturated rings. The van der Waals surface area contributed by atoms with E-state index in [1.54, 1.807) is 12.1 Å². The highest BCUT2D eigenvalue weighted by molar-refractivity contribution is 5.80. The van der Waals surface area contributed by atoms with Crippen LogP contribution in [0.4, 0.5) is 4.39 Å². The van der Waals surface area contributed by atoms with E-state index >= 15 is 0 Å². The molecule has 3 heteroatoms. The van der Waals surface area contributed by atoms with Gasteiger partial charge in [0, 0.05) is 12.8 Å². The molecule has 0 bridgehead atoms. The number of hydrogen-bond acceptors (Lipinski definition) is 2. The zero-order valence-electron chi connectivity index (χ0n) is 10.6. The lowest BCUT2D eigenvalue weighted by Gasteiger charge is -2.06. The summed E-state index contributed by atoms with van der Waals surface area (Å²) in [4.78, 5) is 11.6. The molecule has 17 heavy (non-hydrogen) atoms. The van der Waals surface area contributed by atoms with Crippen molar-refractivity contribution in [2.75, 3.05) is 7.11 Å². The Bertz CT molecular complexity index is 386. The molecule has 0 N–H and O–H groups in total.